The third kappa shape index (κ3) is 2.96. The van der Waals surface area contributed by atoms with E-state index in [1.807, 2.05) is 0 Å². The zero-order valence-corrected chi connectivity index (χ0v) is 10.6. The van der Waals surface area contributed by atoms with Gasteiger partial charge in [0.15, 0.2) is 0 Å². The first-order valence-electron chi connectivity index (χ1n) is 4.02. The Morgan fingerprint density at radius 3 is 1.41 bits per heavy atom. The average Bonchev–Trinajstić information content (AvgIpc) is 2.14. The van der Waals surface area contributed by atoms with E-state index in [0.29, 0.717) is 12.1 Å². The molecule has 0 aliphatic carbocycles. The van der Waals surface area contributed by atoms with Gasteiger partial charge in [-0.25, -0.2) is 0 Å². The van der Waals surface area contributed by atoms with Crippen LogP contribution in [0.1, 0.15) is 5.56 Å². The van der Waals surface area contributed by atoms with Crippen molar-refractivity contribution in [2.24, 2.45) is 0 Å². The zero-order chi connectivity index (χ0) is 12.6. The van der Waals surface area contributed by atoms with Gasteiger partial charge in [0.1, 0.15) is 0 Å². The minimum absolute atomic E-state index is 0. The summed E-state index contributed by atoms with van der Waals surface area (Å²) in [7, 11) is 0. The molecule has 8 heteroatoms. The first-order chi connectivity index (χ1) is 7.11. The van der Waals surface area contributed by atoms with Gasteiger partial charge in [-0.2, -0.15) is 26.3 Å². The third-order valence-electron chi connectivity index (χ3n) is 2.01. The maximum absolute atomic E-state index is 12.3. The quantitative estimate of drug-likeness (QED) is 0.612. The van der Waals surface area contributed by atoms with E-state index in [1.165, 1.54) is 6.07 Å². The van der Waals surface area contributed by atoms with E-state index >= 15 is 0 Å². The molecule has 91 valence electrons. The molecular weight excluding hydrogens is 261 g/mol. The van der Waals surface area contributed by atoms with Crippen molar-refractivity contribution < 1.29 is 31.4 Å². The molecule has 17 heavy (non-hydrogen) atoms. The number of alkyl halides is 6. The van der Waals surface area contributed by atoms with Crippen LogP contribution in [0.5, 0.6) is 0 Å². The fourth-order valence-corrected chi connectivity index (χ4v) is 1.17. The molecule has 0 bridgehead atoms. The van der Waals surface area contributed by atoms with Crippen molar-refractivity contribution in [3.8, 4) is 0 Å². The van der Waals surface area contributed by atoms with E-state index in [0.717, 1.165) is 12.1 Å². The van der Waals surface area contributed by atoms with Crippen molar-refractivity contribution >= 4 is 29.6 Å². The van der Waals surface area contributed by atoms with Crippen LogP contribution in [0.2, 0.25) is 0 Å². The van der Waals surface area contributed by atoms with Gasteiger partial charge in [0, 0.05) is 35.1 Å². The molecular formula is C9H6F6NaO. The molecule has 1 aromatic rings. The van der Waals surface area contributed by atoms with E-state index in [4.69, 9.17) is 5.11 Å². The second kappa shape index (κ2) is 5.17. The van der Waals surface area contributed by atoms with Crippen molar-refractivity contribution in [3.63, 3.8) is 0 Å². The summed E-state index contributed by atoms with van der Waals surface area (Å²) in [5.74, 6) is 0. The standard InChI is InChI=1S/C9H6F6O.Na/c10-8(11,12)7(16,9(13,14)15)6-4-2-1-3-5-6;/h1-5,16H;. The van der Waals surface area contributed by atoms with Crippen LogP contribution in [-0.4, -0.2) is 47.0 Å². The van der Waals surface area contributed by atoms with Gasteiger partial charge in [0.2, 0.25) is 0 Å². The molecule has 1 rings (SSSR count). The number of rotatable bonds is 1. The van der Waals surface area contributed by atoms with Gasteiger partial charge in [-0.3, -0.25) is 0 Å². The summed E-state index contributed by atoms with van der Waals surface area (Å²) < 4.78 is 73.9. The van der Waals surface area contributed by atoms with Crippen molar-refractivity contribution in [3.05, 3.63) is 35.9 Å². The summed E-state index contributed by atoms with van der Waals surface area (Å²) in [5, 5.41) is 8.91. The Bertz CT molecular complexity index is 344. The van der Waals surface area contributed by atoms with Crippen molar-refractivity contribution in [2.45, 2.75) is 18.0 Å². The molecule has 1 aromatic carbocycles. The Balaban J connectivity index is 0.00000256. The molecule has 0 amide bonds. The van der Waals surface area contributed by atoms with Crippen LogP contribution in [0, 0.1) is 0 Å². The molecule has 0 fully saturated rings. The van der Waals surface area contributed by atoms with E-state index < -0.39 is 23.5 Å². The summed E-state index contributed by atoms with van der Waals surface area (Å²) >= 11 is 0. The molecule has 1 nitrogen and oxygen atoms in total. The van der Waals surface area contributed by atoms with Gasteiger partial charge >= 0.3 is 12.4 Å². The second-order valence-electron chi connectivity index (χ2n) is 3.07. The molecule has 0 saturated heterocycles. The van der Waals surface area contributed by atoms with Crippen LogP contribution in [0.4, 0.5) is 26.3 Å². The smallest absolute Gasteiger partial charge is 0.369 e. The van der Waals surface area contributed by atoms with E-state index in [2.05, 4.69) is 0 Å². The first-order valence-corrected chi connectivity index (χ1v) is 4.02. The Morgan fingerprint density at radius 2 is 1.12 bits per heavy atom. The van der Waals surface area contributed by atoms with Crippen LogP contribution in [-0.2, 0) is 5.60 Å². The summed E-state index contributed by atoms with van der Waals surface area (Å²) in [5.41, 5.74) is -6.09. The number of hydrogen-bond acceptors (Lipinski definition) is 1. The van der Waals surface area contributed by atoms with Crippen LogP contribution in [0.3, 0.4) is 0 Å². The summed E-state index contributed by atoms with van der Waals surface area (Å²) in [6.07, 6.45) is -11.7. The topological polar surface area (TPSA) is 20.2 Å². The van der Waals surface area contributed by atoms with Crippen molar-refractivity contribution in [1.29, 1.82) is 0 Å². The molecule has 0 aromatic heterocycles. The first kappa shape index (κ1) is 16.8. The molecule has 0 aliphatic rings. The molecule has 1 radical (unpaired) electrons. The number of halogens is 6. The predicted octanol–water partition coefficient (Wildman–Crippen LogP) is 2.62. The van der Waals surface area contributed by atoms with E-state index in [9.17, 15) is 26.3 Å². The largest absolute Gasteiger partial charge is 0.430 e. The number of benzene rings is 1. The third-order valence-corrected chi connectivity index (χ3v) is 2.01. The summed E-state index contributed by atoms with van der Waals surface area (Å²) in [6, 6.07) is 4.36. The van der Waals surface area contributed by atoms with Gasteiger partial charge in [-0.1, -0.05) is 30.3 Å². The van der Waals surface area contributed by atoms with E-state index in [-0.39, 0.29) is 29.6 Å². The average molecular weight is 267 g/mol. The Morgan fingerprint density at radius 1 is 0.765 bits per heavy atom. The normalized spacial score (nSPS) is 13.1. The maximum atomic E-state index is 12.3. The van der Waals surface area contributed by atoms with Gasteiger partial charge in [-0.15, -0.1) is 0 Å². The Kier molecular flexibility index (Phi) is 5.10. The molecule has 0 atom stereocenters. The van der Waals surface area contributed by atoms with Crippen LogP contribution >= 0.6 is 0 Å². The molecule has 1 N–H and O–H groups in total. The van der Waals surface area contributed by atoms with Gasteiger partial charge < -0.3 is 5.11 Å². The molecule has 0 heterocycles. The maximum Gasteiger partial charge on any atom is 0.430 e. The summed E-state index contributed by atoms with van der Waals surface area (Å²) in [6.45, 7) is 0. The Labute approximate surface area is 115 Å². The minimum Gasteiger partial charge on any atom is -0.369 e. The summed E-state index contributed by atoms with van der Waals surface area (Å²) in [4.78, 5) is 0. The Hall–Kier alpha value is -0.240. The SMILES string of the molecule is OC(c1ccccc1)(C(F)(F)F)C(F)(F)F.[Na]. The fourth-order valence-electron chi connectivity index (χ4n) is 1.17. The number of aliphatic hydroxyl groups is 1. The predicted molar refractivity (Wildman–Crippen MR) is 48.2 cm³/mol. The second-order valence-corrected chi connectivity index (χ2v) is 3.07. The van der Waals surface area contributed by atoms with Gasteiger partial charge in [0.25, 0.3) is 5.60 Å². The molecule has 0 saturated carbocycles. The molecule has 0 unspecified atom stereocenters. The van der Waals surface area contributed by atoms with Crippen LogP contribution in [0.25, 0.3) is 0 Å². The van der Waals surface area contributed by atoms with E-state index in [1.54, 1.807) is 0 Å². The van der Waals surface area contributed by atoms with Crippen molar-refractivity contribution in [2.75, 3.05) is 0 Å². The molecule has 0 spiro atoms. The fraction of sp³-hybridized carbons (Fsp3) is 0.333. The van der Waals surface area contributed by atoms with Crippen molar-refractivity contribution in [1.82, 2.24) is 0 Å². The minimum atomic E-state index is -5.83. The molecule has 0 aliphatic heterocycles. The zero-order valence-electron chi connectivity index (χ0n) is 8.60. The van der Waals surface area contributed by atoms with Gasteiger partial charge in [0.05, 0.1) is 0 Å². The monoisotopic (exact) mass is 267 g/mol. The van der Waals surface area contributed by atoms with Crippen LogP contribution < -0.4 is 0 Å². The van der Waals surface area contributed by atoms with Gasteiger partial charge in [-0.05, 0) is 0 Å². The number of hydrogen-bond donors (Lipinski definition) is 1. The van der Waals surface area contributed by atoms with Crippen LogP contribution in [0.15, 0.2) is 30.3 Å².